The van der Waals surface area contributed by atoms with Crippen molar-refractivity contribution in [3.05, 3.63) is 54.1 Å². The van der Waals surface area contributed by atoms with Crippen LogP contribution in [0.5, 0.6) is 5.75 Å². The number of halogens is 2. The Kier molecular flexibility index (Phi) is 4.16. The van der Waals surface area contributed by atoms with E-state index in [0.29, 0.717) is 18.5 Å². The summed E-state index contributed by atoms with van der Waals surface area (Å²) in [5.41, 5.74) is -0.581. The van der Waals surface area contributed by atoms with Crippen LogP contribution < -0.4 is 10.2 Å². The number of hydrogen-bond acceptors (Lipinski definition) is 3. The molecule has 2 amide bonds. The van der Waals surface area contributed by atoms with Gasteiger partial charge in [-0.25, -0.2) is 8.78 Å². The number of nitrogens with zero attached hydrogens (tertiary/aromatic N) is 1. The van der Waals surface area contributed by atoms with E-state index < -0.39 is 34.6 Å². The molecule has 0 aliphatic heterocycles. The van der Waals surface area contributed by atoms with Crippen molar-refractivity contribution in [2.24, 2.45) is 5.41 Å². The zero-order valence-electron chi connectivity index (χ0n) is 13.4. The molecule has 0 unspecified atom stereocenters. The van der Waals surface area contributed by atoms with Gasteiger partial charge in [-0.15, -0.1) is 0 Å². The highest BCUT2D eigenvalue weighted by Gasteiger charge is 2.57. The quantitative estimate of drug-likeness (QED) is 0.660. The highest BCUT2D eigenvalue weighted by Crippen LogP contribution is 2.48. The van der Waals surface area contributed by atoms with Gasteiger partial charge in [0.05, 0.1) is 0 Å². The van der Waals surface area contributed by atoms with Crippen molar-refractivity contribution in [3.63, 3.8) is 0 Å². The molecule has 2 aromatic carbocycles. The van der Waals surface area contributed by atoms with Crippen LogP contribution in [0.2, 0.25) is 0 Å². The molecule has 5 nitrogen and oxygen atoms in total. The molecular formula is C18H16F2N2O3. The lowest BCUT2D eigenvalue weighted by Gasteiger charge is -2.23. The Morgan fingerprint density at radius 3 is 2.32 bits per heavy atom. The highest BCUT2D eigenvalue weighted by molar-refractivity contribution is 6.17. The molecular weight excluding hydrogens is 330 g/mol. The second-order valence-electron chi connectivity index (χ2n) is 6.04. The molecule has 130 valence electrons. The molecule has 0 spiro atoms. The molecule has 25 heavy (non-hydrogen) atoms. The van der Waals surface area contributed by atoms with E-state index in [9.17, 15) is 23.5 Å². The lowest BCUT2D eigenvalue weighted by Crippen LogP contribution is -2.41. The van der Waals surface area contributed by atoms with Gasteiger partial charge in [0, 0.05) is 24.5 Å². The third kappa shape index (κ3) is 3.17. The zero-order valence-corrected chi connectivity index (χ0v) is 13.4. The van der Waals surface area contributed by atoms with E-state index in [2.05, 4.69) is 5.32 Å². The maximum atomic E-state index is 13.4. The van der Waals surface area contributed by atoms with Gasteiger partial charge < -0.3 is 15.3 Å². The second-order valence-corrected chi connectivity index (χ2v) is 6.04. The van der Waals surface area contributed by atoms with Gasteiger partial charge in [0.1, 0.15) is 11.2 Å². The normalized spacial score (nSPS) is 14.7. The number of aromatic hydroxyl groups is 1. The van der Waals surface area contributed by atoms with E-state index >= 15 is 0 Å². The molecule has 1 fully saturated rings. The lowest BCUT2D eigenvalue weighted by molar-refractivity contribution is -0.132. The van der Waals surface area contributed by atoms with Gasteiger partial charge in [-0.3, -0.25) is 9.59 Å². The standard InChI is InChI=1S/C18H16F2N2O3/c1-22(13-5-2-11(19)3-6-13)17(25)18(8-9-18)16(24)21-12-4-7-15(23)14(20)10-12/h2-7,10,23H,8-9H2,1H3,(H,21,24). The van der Waals surface area contributed by atoms with E-state index in [4.69, 9.17) is 0 Å². The van der Waals surface area contributed by atoms with Crippen LogP contribution >= 0.6 is 0 Å². The van der Waals surface area contributed by atoms with Crippen LogP contribution in [0.15, 0.2) is 42.5 Å². The molecule has 2 N–H and O–H groups in total. The fraction of sp³-hybridized carbons (Fsp3) is 0.222. The minimum absolute atomic E-state index is 0.156. The summed E-state index contributed by atoms with van der Waals surface area (Å²) < 4.78 is 26.4. The van der Waals surface area contributed by atoms with Crippen molar-refractivity contribution in [3.8, 4) is 5.75 Å². The van der Waals surface area contributed by atoms with E-state index in [0.717, 1.165) is 12.1 Å². The number of phenols is 1. The smallest absolute Gasteiger partial charge is 0.242 e. The monoisotopic (exact) mass is 346 g/mol. The number of nitrogens with one attached hydrogen (secondary N) is 1. The number of carbonyl (C=O) groups excluding carboxylic acids is 2. The zero-order chi connectivity index (χ0) is 18.2. The fourth-order valence-corrected chi connectivity index (χ4v) is 2.60. The molecule has 0 radical (unpaired) electrons. The molecule has 1 aliphatic carbocycles. The van der Waals surface area contributed by atoms with Gasteiger partial charge in [0.15, 0.2) is 11.6 Å². The minimum Gasteiger partial charge on any atom is -0.505 e. The Morgan fingerprint density at radius 2 is 1.76 bits per heavy atom. The summed E-state index contributed by atoms with van der Waals surface area (Å²) in [5, 5.41) is 11.7. The predicted molar refractivity (Wildman–Crippen MR) is 88.2 cm³/mol. The largest absolute Gasteiger partial charge is 0.505 e. The van der Waals surface area contributed by atoms with Gasteiger partial charge in [-0.1, -0.05) is 0 Å². The maximum Gasteiger partial charge on any atom is 0.242 e. The fourth-order valence-electron chi connectivity index (χ4n) is 2.60. The van der Waals surface area contributed by atoms with Crippen molar-refractivity contribution in [2.75, 3.05) is 17.3 Å². The first-order chi connectivity index (χ1) is 11.8. The Balaban J connectivity index is 1.76. The Hall–Kier alpha value is -2.96. The van der Waals surface area contributed by atoms with E-state index in [-0.39, 0.29) is 5.69 Å². The van der Waals surface area contributed by atoms with Crippen LogP contribution in [-0.4, -0.2) is 24.0 Å². The number of hydrogen-bond donors (Lipinski definition) is 2. The molecule has 0 aromatic heterocycles. The molecule has 0 bridgehead atoms. The van der Waals surface area contributed by atoms with Gasteiger partial charge >= 0.3 is 0 Å². The summed E-state index contributed by atoms with van der Waals surface area (Å²) in [4.78, 5) is 26.6. The van der Waals surface area contributed by atoms with E-state index in [1.165, 1.54) is 42.3 Å². The maximum absolute atomic E-state index is 13.4. The number of amides is 2. The molecule has 0 heterocycles. The number of phenolic OH excluding ortho intramolecular Hbond substituents is 1. The Labute approximate surface area is 142 Å². The van der Waals surface area contributed by atoms with Gasteiger partial charge in [-0.05, 0) is 49.2 Å². The number of anilines is 2. The highest BCUT2D eigenvalue weighted by atomic mass is 19.1. The number of rotatable bonds is 4. The van der Waals surface area contributed by atoms with Crippen LogP contribution in [0.25, 0.3) is 0 Å². The third-order valence-corrected chi connectivity index (χ3v) is 4.32. The molecule has 2 aromatic rings. The van der Waals surface area contributed by atoms with Crippen LogP contribution in [-0.2, 0) is 9.59 Å². The van der Waals surface area contributed by atoms with E-state index in [1.54, 1.807) is 0 Å². The Morgan fingerprint density at radius 1 is 1.12 bits per heavy atom. The molecule has 1 aliphatic rings. The minimum atomic E-state index is -1.21. The molecule has 1 saturated carbocycles. The van der Waals surface area contributed by atoms with Crippen molar-refractivity contribution in [1.29, 1.82) is 0 Å². The molecule has 0 saturated heterocycles. The van der Waals surface area contributed by atoms with Crippen LogP contribution in [0.1, 0.15) is 12.8 Å². The first-order valence-electron chi connectivity index (χ1n) is 7.67. The first kappa shape index (κ1) is 16.9. The van der Waals surface area contributed by atoms with Crippen molar-refractivity contribution in [1.82, 2.24) is 0 Å². The lowest BCUT2D eigenvalue weighted by atomic mass is 10.0. The predicted octanol–water partition coefficient (Wildman–Crippen LogP) is 3.05. The third-order valence-electron chi connectivity index (χ3n) is 4.32. The summed E-state index contributed by atoms with van der Waals surface area (Å²) in [6.45, 7) is 0. The molecule has 0 atom stereocenters. The van der Waals surface area contributed by atoms with Gasteiger partial charge in [0.25, 0.3) is 0 Å². The van der Waals surface area contributed by atoms with Crippen LogP contribution in [0.4, 0.5) is 20.2 Å². The summed E-state index contributed by atoms with van der Waals surface area (Å²) >= 11 is 0. The van der Waals surface area contributed by atoms with Crippen molar-refractivity contribution < 1.29 is 23.5 Å². The van der Waals surface area contributed by atoms with Gasteiger partial charge in [0.2, 0.25) is 11.8 Å². The van der Waals surface area contributed by atoms with Crippen LogP contribution in [0.3, 0.4) is 0 Å². The number of carbonyl (C=O) groups is 2. The molecule has 3 rings (SSSR count). The Bertz CT molecular complexity index is 833. The first-order valence-corrected chi connectivity index (χ1v) is 7.67. The summed E-state index contributed by atoms with van der Waals surface area (Å²) in [7, 11) is 1.52. The SMILES string of the molecule is CN(C(=O)C1(C(=O)Nc2ccc(O)c(F)c2)CC1)c1ccc(F)cc1. The van der Waals surface area contributed by atoms with Crippen molar-refractivity contribution in [2.45, 2.75) is 12.8 Å². The average Bonchev–Trinajstić information content (AvgIpc) is 3.39. The molecule has 7 heteroatoms. The van der Waals surface area contributed by atoms with E-state index in [1.807, 2.05) is 0 Å². The van der Waals surface area contributed by atoms with Crippen molar-refractivity contribution >= 4 is 23.2 Å². The average molecular weight is 346 g/mol. The second kappa shape index (κ2) is 6.16. The van der Waals surface area contributed by atoms with Gasteiger partial charge in [-0.2, -0.15) is 0 Å². The number of benzene rings is 2. The summed E-state index contributed by atoms with van der Waals surface area (Å²) in [6.07, 6.45) is 0.757. The van der Waals surface area contributed by atoms with Crippen LogP contribution in [0, 0.1) is 17.0 Å². The topological polar surface area (TPSA) is 69.6 Å². The summed E-state index contributed by atoms with van der Waals surface area (Å²) in [5.74, 6) is -2.74. The summed E-state index contributed by atoms with van der Waals surface area (Å²) in [6, 6.07) is 8.83.